The Kier molecular flexibility index (Phi) is 4.04. The molecule has 3 aliphatic rings. The highest BCUT2D eigenvalue weighted by molar-refractivity contribution is 8.14. The number of hydrazone groups is 1. The van der Waals surface area contributed by atoms with Gasteiger partial charge < -0.3 is 0 Å². The first-order chi connectivity index (χ1) is 11.5. The largest absolute Gasteiger partial charge is 0.270 e. The van der Waals surface area contributed by atoms with Crippen molar-refractivity contribution in [1.82, 2.24) is 5.43 Å². The highest BCUT2D eigenvalue weighted by Gasteiger charge is 2.25. The van der Waals surface area contributed by atoms with Gasteiger partial charge in [0.2, 0.25) is 10.0 Å². The van der Waals surface area contributed by atoms with Crippen LogP contribution in [0.4, 0.5) is 5.69 Å². The molecule has 0 unspecified atom stereocenters. The van der Waals surface area contributed by atoms with Crippen molar-refractivity contribution in [2.75, 3.05) is 22.9 Å². The van der Waals surface area contributed by atoms with Crippen molar-refractivity contribution in [2.24, 2.45) is 10.1 Å². The van der Waals surface area contributed by atoms with E-state index in [0.717, 1.165) is 46.3 Å². The number of benzene rings is 1. The van der Waals surface area contributed by atoms with Gasteiger partial charge in [0.25, 0.3) is 0 Å². The zero-order chi connectivity index (χ0) is 16.7. The number of hydrogen-bond donors (Lipinski definition) is 1. The molecule has 0 atom stereocenters. The van der Waals surface area contributed by atoms with Gasteiger partial charge in [-0.1, -0.05) is 17.8 Å². The maximum absolute atomic E-state index is 11.9. The summed E-state index contributed by atoms with van der Waals surface area (Å²) in [7, 11) is -3.22. The van der Waals surface area contributed by atoms with E-state index in [1.807, 2.05) is 12.1 Å². The molecule has 1 saturated carbocycles. The van der Waals surface area contributed by atoms with Gasteiger partial charge in [-0.25, -0.2) is 8.42 Å². The fourth-order valence-corrected chi connectivity index (χ4v) is 4.82. The molecule has 0 saturated heterocycles. The Hall–Kier alpha value is -1.54. The Morgan fingerprint density at radius 2 is 2.21 bits per heavy atom. The van der Waals surface area contributed by atoms with Crippen LogP contribution in [0.5, 0.6) is 0 Å². The van der Waals surface area contributed by atoms with E-state index in [-0.39, 0.29) is 0 Å². The van der Waals surface area contributed by atoms with Crippen molar-refractivity contribution >= 4 is 38.4 Å². The van der Waals surface area contributed by atoms with Gasteiger partial charge in [0.05, 0.1) is 23.7 Å². The summed E-state index contributed by atoms with van der Waals surface area (Å²) in [5.74, 6) is 0.785. The monoisotopic (exact) mass is 364 g/mol. The van der Waals surface area contributed by atoms with Gasteiger partial charge in [-0.2, -0.15) is 5.10 Å². The standard InChI is InChI=1S/C16H20N4O2S2/c1-24(21,22)20-8-2-3-12-9-11(4-7-15(12)20)14-10-23-16(19-18-14)17-13-5-6-13/h4,7,9,13H,2-3,5-6,8,10H2,1H3,(H,17,19). The average molecular weight is 364 g/mol. The van der Waals surface area contributed by atoms with Gasteiger partial charge in [-0.15, -0.1) is 0 Å². The Morgan fingerprint density at radius 1 is 1.38 bits per heavy atom. The fraction of sp³-hybridized carbons (Fsp3) is 0.500. The molecule has 1 aliphatic carbocycles. The van der Waals surface area contributed by atoms with Crippen LogP contribution in [0.25, 0.3) is 0 Å². The zero-order valence-corrected chi connectivity index (χ0v) is 15.2. The molecular formula is C16H20N4O2S2. The highest BCUT2D eigenvalue weighted by Crippen LogP contribution is 2.31. The number of hydrogen-bond acceptors (Lipinski definition) is 5. The van der Waals surface area contributed by atoms with E-state index in [2.05, 4.69) is 21.6 Å². The van der Waals surface area contributed by atoms with Crippen LogP contribution in [-0.2, 0) is 16.4 Å². The molecule has 2 aliphatic heterocycles. The minimum Gasteiger partial charge on any atom is -0.270 e. The van der Waals surface area contributed by atoms with Gasteiger partial charge in [0.15, 0.2) is 5.17 Å². The summed E-state index contributed by atoms with van der Waals surface area (Å²) in [4.78, 5) is 4.57. The first-order valence-corrected chi connectivity index (χ1v) is 11.0. The second-order valence-electron chi connectivity index (χ2n) is 6.41. The summed E-state index contributed by atoms with van der Waals surface area (Å²) in [5, 5.41) is 5.37. The Labute approximate surface area is 146 Å². The summed E-state index contributed by atoms with van der Waals surface area (Å²) in [5.41, 5.74) is 6.96. The summed E-state index contributed by atoms with van der Waals surface area (Å²) in [6, 6.07) is 6.44. The van der Waals surface area contributed by atoms with Gasteiger partial charge in [0.1, 0.15) is 0 Å². The van der Waals surface area contributed by atoms with Crippen LogP contribution in [-0.4, -0.2) is 43.9 Å². The van der Waals surface area contributed by atoms with Crippen LogP contribution in [0.15, 0.2) is 28.3 Å². The maximum atomic E-state index is 11.9. The minimum atomic E-state index is -3.22. The van der Waals surface area contributed by atoms with Crippen molar-refractivity contribution in [3.05, 3.63) is 29.3 Å². The summed E-state index contributed by atoms with van der Waals surface area (Å²) in [6.07, 6.45) is 5.38. The van der Waals surface area contributed by atoms with Crippen LogP contribution >= 0.6 is 11.8 Å². The summed E-state index contributed by atoms with van der Waals surface area (Å²) in [6.45, 7) is 0.560. The Bertz CT molecular complexity index is 828. The molecule has 0 bridgehead atoms. The van der Waals surface area contributed by atoms with E-state index in [1.165, 1.54) is 23.4 Å². The molecule has 1 aromatic carbocycles. The third-order valence-corrected chi connectivity index (χ3v) is 6.44. The number of rotatable bonds is 3. The molecule has 4 rings (SSSR count). The smallest absolute Gasteiger partial charge is 0.232 e. The average Bonchev–Trinajstić information content (AvgIpc) is 3.37. The fourth-order valence-electron chi connectivity index (χ4n) is 2.99. The van der Waals surface area contributed by atoms with Crippen LogP contribution in [0, 0.1) is 0 Å². The lowest BCUT2D eigenvalue weighted by Crippen LogP contribution is -2.34. The number of sulfonamides is 1. The number of nitrogens with zero attached hydrogens (tertiary/aromatic N) is 3. The van der Waals surface area contributed by atoms with Crippen LogP contribution in [0.3, 0.4) is 0 Å². The van der Waals surface area contributed by atoms with E-state index in [4.69, 9.17) is 0 Å². The molecule has 1 N–H and O–H groups in total. The topological polar surface area (TPSA) is 74.1 Å². The molecule has 0 amide bonds. The van der Waals surface area contributed by atoms with Crippen molar-refractivity contribution in [2.45, 2.75) is 31.7 Å². The number of aryl methyl sites for hydroxylation is 1. The lowest BCUT2D eigenvalue weighted by atomic mass is 9.99. The van der Waals surface area contributed by atoms with Gasteiger partial charge >= 0.3 is 0 Å². The van der Waals surface area contributed by atoms with Gasteiger partial charge in [0, 0.05) is 12.3 Å². The summed E-state index contributed by atoms with van der Waals surface area (Å²) >= 11 is 1.68. The van der Waals surface area contributed by atoms with Crippen LogP contribution in [0.1, 0.15) is 30.4 Å². The van der Waals surface area contributed by atoms with E-state index < -0.39 is 10.0 Å². The molecule has 8 heteroatoms. The number of fused-ring (bicyclic) bond motifs is 1. The number of thioether (sulfide) groups is 1. The van der Waals surface area contributed by atoms with Crippen molar-refractivity contribution < 1.29 is 8.42 Å². The molecule has 2 heterocycles. The molecule has 0 aromatic heterocycles. The summed E-state index contributed by atoms with van der Waals surface area (Å²) < 4.78 is 25.4. The minimum absolute atomic E-state index is 0.488. The molecule has 1 aromatic rings. The van der Waals surface area contributed by atoms with Gasteiger partial charge in [-0.3, -0.25) is 14.7 Å². The number of aliphatic imine (C=N–C) groups is 1. The van der Waals surface area contributed by atoms with Gasteiger partial charge in [-0.05, 0) is 48.9 Å². The van der Waals surface area contributed by atoms with E-state index in [0.29, 0.717) is 12.6 Å². The first-order valence-electron chi connectivity index (χ1n) is 8.15. The van der Waals surface area contributed by atoms with E-state index in [9.17, 15) is 8.42 Å². The predicted molar refractivity (Wildman–Crippen MR) is 99.5 cm³/mol. The van der Waals surface area contributed by atoms with Crippen LogP contribution in [0.2, 0.25) is 0 Å². The molecule has 6 nitrogen and oxygen atoms in total. The van der Waals surface area contributed by atoms with E-state index >= 15 is 0 Å². The van der Waals surface area contributed by atoms with E-state index in [1.54, 1.807) is 11.8 Å². The third kappa shape index (κ3) is 3.30. The SMILES string of the molecule is CS(=O)(=O)N1CCCc2cc(C3=NNC(=NC4CC4)SC3)ccc21. The second kappa shape index (κ2) is 6.07. The van der Waals surface area contributed by atoms with Crippen molar-refractivity contribution in [3.63, 3.8) is 0 Å². The Balaban J connectivity index is 1.58. The molecule has 128 valence electrons. The Morgan fingerprint density at radius 3 is 2.88 bits per heavy atom. The van der Waals surface area contributed by atoms with Crippen LogP contribution < -0.4 is 9.73 Å². The second-order valence-corrected chi connectivity index (χ2v) is 9.28. The molecule has 0 spiro atoms. The number of nitrogens with one attached hydrogen (secondary N) is 1. The number of anilines is 1. The van der Waals surface area contributed by atoms with Crippen molar-refractivity contribution in [1.29, 1.82) is 0 Å². The quantitative estimate of drug-likeness (QED) is 0.890. The lowest BCUT2D eigenvalue weighted by molar-refractivity contribution is 0.592. The van der Waals surface area contributed by atoms with Crippen molar-refractivity contribution in [3.8, 4) is 0 Å². The maximum Gasteiger partial charge on any atom is 0.232 e. The predicted octanol–water partition coefficient (Wildman–Crippen LogP) is 1.96. The molecular weight excluding hydrogens is 344 g/mol. The first kappa shape index (κ1) is 16.0. The highest BCUT2D eigenvalue weighted by atomic mass is 32.2. The molecule has 1 fully saturated rings. The number of amidine groups is 1. The molecule has 0 radical (unpaired) electrons. The zero-order valence-electron chi connectivity index (χ0n) is 13.5. The lowest BCUT2D eigenvalue weighted by Gasteiger charge is -2.29. The molecule has 24 heavy (non-hydrogen) atoms. The third-order valence-electron chi connectivity index (χ3n) is 4.37. The normalized spacial score (nSPS) is 22.8.